The van der Waals surface area contributed by atoms with E-state index in [1.807, 2.05) is 13.8 Å². The highest BCUT2D eigenvalue weighted by Crippen LogP contribution is 2.15. The van der Waals surface area contributed by atoms with E-state index in [4.69, 9.17) is 11.6 Å². The Balaban J connectivity index is 2.23. The van der Waals surface area contributed by atoms with Gasteiger partial charge in [-0.25, -0.2) is 4.39 Å². The molecule has 0 spiro atoms. The second kappa shape index (κ2) is 8.12. The van der Waals surface area contributed by atoms with Crippen molar-refractivity contribution in [2.75, 3.05) is 6.54 Å². The van der Waals surface area contributed by atoms with Crippen LogP contribution in [0.5, 0.6) is 0 Å². The van der Waals surface area contributed by atoms with Gasteiger partial charge < -0.3 is 10.6 Å². The monoisotopic (exact) mass is 286 g/mol. The van der Waals surface area contributed by atoms with E-state index < -0.39 is 5.82 Å². The lowest BCUT2D eigenvalue weighted by molar-refractivity contribution is -0.121. The van der Waals surface area contributed by atoms with Gasteiger partial charge in [-0.2, -0.15) is 0 Å². The molecule has 19 heavy (non-hydrogen) atoms. The second-order valence-corrected chi connectivity index (χ2v) is 4.96. The smallest absolute Gasteiger partial charge is 0.221 e. The molecule has 1 aromatic carbocycles. The van der Waals surface area contributed by atoms with Crippen LogP contribution in [-0.2, 0) is 11.3 Å². The highest BCUT2D eigenvalue weighted by Gasteiger charge is 2.05. The van der Waals surface area contributed by atoms with E-state index in [1.54, 1.807) is 12.1 Å². The lowest BCUT2D eigenvalue weighted by Crippen LogP contribution is -2.33. The van der Waals surface area contributed by atoms with Crippen LogP contribution in [-0.4, -0.2) is 18.5 Å². The van der Waals surface area contributed by atoms with E-state index in [0.717, 1.165) is 12.0 Å². The first kappa shape index (κ1) is 15.9. The Morgan fingerprint density at radius 3 is 2.84 bits per heavy atom. The first-order chi connectivity index (χ1) is 9.02. The summed E-state index contributed by atoms with van der Waals surface area (Å²) in [5, 5.41) is 6.14. The molecule has 0 heterocycles. The summed E-state index contributed by atoms with van der Waals surface area (Å²) in [6.45, 7) is 5.15. The third kappa shape index (κ3) is 6.03. The maximum absolute atomic E-state index is 12.9. The van der Waals surface area contributed by atoms with Crippen LogP contribution in [0.25, 0.3) is 0 Å². The molecular weight excluding hydrogens is 267 g/mol. The van der Waals surface area contributed by atoms with E-state index >= 15 is 0 Å². The Morgan fingerprint density at radius 1 is 1.47 bits per heavy atom. The summed E-state index contributed by atoms with van der Waals surface area (Å²) in [6.07, 6.45) is 1.35. The predicted octanol–water partition coefficient (Wildman–Crippen LogP) is 2.87. The molecule has 0 bridgehead atoms. The highest BCUT2D eigenvalue weighted by molar-refractivity contribution is 6.30. The average molecular weight is 287 g/mol. The molecule has 1 aromatic rings. The molecule has 1 rings (SSSR count). The second-order valence-electron chi connectivity index (χ2n) is 4.55. The van der Waals surface area contributed by atoms with Gasteiger partial charge in [0.1, 0.15) is 5.82 Å². The standard InChI is InChI=1S/C14H20ClFN2O/c1-3-10(2)18-14(19)6-7-17-9-11-4-5-13(16)12(15)8-11/h4-5,8,10,17H,3,6-7,9H2,1-2H3,(H,18,19). The van der Waals surface area contributed by atoms with Crippen molar-refractivity contribution < 1.29 is 9.18 Å². The van der Waals surface area contributed by atoms with Crippen molar-refractivity contribution in [3.63, 3.8) is 0 Å². The number of carbonyl (C=O) groups is 1. The van der Waals surface area contributed by atoms with E-state index in [0.29, 0.717) is 19.5 Å². The predicted molar refractivity (Wildman–Crippen MR) is 75.6 cm³/mol. The van der Waals surface area contributed by atoms with Gasteiger partial charge in [0, 0.05) is 25.6 Å². The molecule has 106 valence electrons. The van der Waals surface area contributed by atoms with E-state index in [9.17, 15) is 9.18 Å². The third-order valence-corrected chi connectivity index (χ3v) is 3.15. The van der Waals surface area contributed by atoms with E-state index in [-0.39, 0.29) is 17.0 Å². The minimum atomic E-state index is -0.418. The Hall–Kier alpha value is -1.13. The molecule has 0 saturated heterocycles. The highest BCUT2D eigenvalue weighted by atomic mass is 35.5. The minimum Gasteiger partial charge on any atom is -0.354 e. The Bertz CT molecular complexity index is 426. The minimum absolute atomic E-state index is 0.0407. The maximum atomic E-state index is 12.9. The number of carbonyl (C=O) groups excluding carboxylic acids is 1. The maximum Gasteiger partial charge on any atom is 0.221 e. The molecular formula is C14H20ClFN2O. The van der Waals surface area contributed by atoms with E-state index in [2.05, 4.69) is 10.6 Å². The summed E-state index contributed by atoms with van der Waals surface area (Å²) in [4.78, 5) is 11.5. The van der Waals surface area contributed by atoms with Crippen molar-refractivity contribution >= 4 is 17.5 Å². The van der Waals surface area contributed by atoms with Gasteiger partial charge >= 0.3 is 0 Å². The van der Waals surface area contributed by atoms with Gasteiger partial charge in [-0.05, 0) is 31.0 Å². The molecule has 1 atom stereocenters. The van der Waals surface area contributed by atoms with Gasteiger partial charge in [0.15, 0.2) is 0 Å². The molecule has 1 unspecified atom stereocenters. The van der Waals surface area contributed by atoms with Crippen molar-refractivity contribution in [1.82, 2.24) is 10.6 Å². The zero-order valence-electron chi connectivity index (χ0n) is 11.3. The van der Waals surface area contributed by atoms with Crippen LogP contribution in [0.3, 0.4) is 0 Å². The largest absolute Gasteiger partial charge is 0.354 e. The Kier molecular flexibility index (Phi) is 6.81. The number of nitrogens with one attached hydrogen (secondary N) is 2. The quantitative estimate of drug-likeness (QED) is 0.757. The fraction of sp³-hybridized carbons (Fsp3) is 0.500. The third-order valence-electron chi connectivity index (χ3n) is 2.86. The molecule has 5 heteroatoms. The molecule has 0 radical (unpaired) electrons. The molecule has 3 nitrogen and oxygen atoms in total. The summed E-state index contributed by atoms with van der Waals surface area (Å²) in [6, 6.07) is 4.81. The molecule has 0 fully saturated rings. The van der Waals surface area contributed by atoms with Gasteiger partial charge in [-0.1, -0.05) is 24.6 Å². The van der Waals surface area contributed by atoms with Gasteiger partial charge in [0.25, 0.3) is 0 Å². The van der Waals surface area contributed by atoms with Crippen molar-refractivity contribution in [2.45, 2.75) is 39.3 Å². The van der Waals surface area contributed by atoms with Crippen LogP contribution >= 0.6 is 11.6 Å². The van der Waals surface area contributed by atoms with Gasteiger partial charge in [0.2, 0.25) is 5.91 Å². The summed E-state index contributed by atoms with van der Waals surface area (Å²) >= 11 is 5.68. The average Bonchev–Trinajstić information content (AvgIpc) is 2.38. The molecule has 0 aliphatic carbocycles. The summed E-state index contributed by atoms with van der Waals surface area (Å²) in [7, 11) is 0. The van der Waals surface area contributed by atoms with Crippen LogP contribution in [0.2, 0.25) is 5.02 Å². The van der Waals surface area contributed by atoms with Crippen molar-refractivity contribution in [2.24, 2.45) is 0 Å². The SMILES string of the molecule is CCC(C)NC(=O)CCNCc1ccc(F)c(Cl)c1. The molecule has 0 aliphatic rings. The lowest BCUT2D eigenvalue weighted by atomic mass is 10.2. The summed E-state index contributed by atoms with van der Waals surface area (Å²) < 4.78 is 12.9. The molecule has 0 saturated carbocycles. The van der Waals surface area contributed by atoms with Crippen LogP contribution in [0.1, 0.15) is 32.3 Å². The number of halogens is 2. The van der Waals surface area contributed by atoms with Crippen LogP contribution < -0.4 is 10.6 Å². The Morgan fingerprint density at radius 2 is 2.21 bits per heavy atom. The van der Waals surface area contributed by atoms with Crippen LogP contribution in [0.4, 0.5) is 4.39 Å². The number of rotatable bonds is 7. The van der Waals surface area contributed by atoms with Crippen molar-refractivity contribution in [3.05, 3.63) is 34.6 Å². The van der Waals surface area contributed by atoms with Gasteiger partial charge in [0.05, 0.1) is 5.02 Å². The molecule has 0 aromatic heterocycles. The van der Waals surface area contributed by atoms with Crippen molar-refractivity contribution in [1.29, 1.82) is 0 Å². The van der Waals surface area contributed by atoms with Crippen molar-refractivity contribution in [3.8, 4) is 0 Å². The first-order valence-electron chi connectivity index (χ1n) is 6.47. The molecule has 0 aliphatic heterocycles. The topological polar surface area (TPSA) is 41.1 Å². The molecule has 1 amide bonds. The summed E-state index contributed by atoms with van der Waals surface area (Å²) in [5.41, 5.74) is 0.897. The first-order valence-corrected chi connectivity index (χ1v) is 6.84. The normalized spacial score (nSPS) is 12.2. The zero-order chi connectivity index (χ0) is 14.3. The molecule has 2 N–H and O–H groups in total. The van der Waals surface area contributed by atoms with Gasteiger partial charge in [-0.3, -0.25) is 4.79 Å². The van der Waals surface area contributed by atoms with Crippen LogP contribution in [0, 0.1) is 5.82 Å². The summed E-state index contributed by atoms with van der Waals surface area (Å²) in [5.74, 6) is -0.377. The van der Waals surface area contributed by atoms with Crippen LogP contribution in [0.15, 0.2) is 18.2 Å². The number of hydrogen-bond donors (Lipinski definition) is 2. The Labute approximate surface area is 118 Å². The zero-order valence-corrected chi connectivity index (χ0v) is 12.1. The van der Waals surface area contributed by atoms with Gasteiger partial charge in [-0.15, -0.1) is 0 Å². The van der Waals surface area contributed by atoms with E-state index in [1.165, 1.54) is 6.07 Å². The lowest BCUT2D eigenvalue weighted by Gasteiger charge is -2.11. The fourth-order valence-electron chi connectivity index (χ4n) is 1.53. The number of amides is 1. The fourth-order valence-corrected chi connectivity index (χ4v) is 1.74. The number of benzene rings is 1. The number of hydrogen-bond acceptors (Lipinski definition) is 2.